The number of pyridine rings is 1. The maximum atomic E-state index is 12.3. The third-order valence-corrected chi connectivity index (χ3v) is 3.08. The molecule has 21 heavy (non-hydrogen) atoms. The van der Waals surface area contributed by atoms with Crippen LogP contribution in [-0.2, 0) is 4.74 Å². The number of ether oxygens (including phenoxy) is 1. The van der Waals surface area contributed by atoms with E-state index in [1.807, 2.05) is 13.0 Å². The normalized spacial score (nSPS) is 10.0. The minimum Gasteiger partial charge on any atom is -0.465 e. The summed E-state index contributed by atoms with van der Waals surface area (Å²) in [5, 5.41) is 2.73. The zero-order valence-corrected chi connectivity index (χ0v) is 12.1. The van der Waals surface area contributed by atoms with Crippen LogP contribution >= 0.6 is 0 Å². The Hall–Kier alpha value is -2.69. The van der Waals surface area contributed by atoms with Crippen LogP contribution < -0.4 is 5.32 Å². The van der Waals surface area contributed by atoms with Gasteiger partial charge in [-0.25, -0.2) is 4.79 Å². The van der Waals surface area contributed by atoms with Gasteiger partial charge in [0.1, 0.15) is 0 Å². The fourth-order valence-corrected chi connectivity index (χ4v) is 1.96. The Balaban J connectivity index is 2.34. The molecule has 1 heterocycles. The van der Waals surface area contributed by atoms with E-state index in [4.69, 9.17) is 4.74 Å². The SMILES string of the molecule is COC(=O)c1cc(C)ccc1NC(=O)c1cccnc1C. The van der Waals surface area contributed by atoms with Gasteiger partial charge in [0.25, 0.3) is 5.91 Å². The summed E-state index contributed by atoms with van der Waals surface area (Å²) >= 11 is 0. The van der Waals surface area contributed by atoms with Gasteiger partial charge in [-0.3, -0.25) is 9.78 Å². The number of benzene rings is 1. The Morgan fingerprint density at radius 1 is 1.14 bits per heavy atom. The van der Waals surface area contributed by atoms with E-state index >= 15 is 0 Å². The first-order valence-electron chi connectivity index (χ1n) is 6.45. The molecule has 1 aromatic carbocycles. The van der Waals surface area contributed by atoms with Crippen molar-refractivity contribution < 1.29 is 14.3 Å². The summed E-state index contributed by atoms with van der Waals surface area (Å²) in [5.41, 5.74) is 2.75. The number of amides is 1. The van der Waals surface area contributed by atoms with Crippen LogP contribution in [0.3, 0.4) is 0 Å². The molecule has 0 atom stereocenters. The summed E-state index contributed by atoms with van der Waals surface area (Å²) in [6.07, 6.45) is 1.62. The first kappa shape index (κ1) is 14.7. The van der Waals surface area contributed by atoms with E-state index < -0.39 is 5.97 Å². The molecule has 5 heteroatoms. The maximum absolute atomic E-state index is 12.3. The number of methoxy groups -OCH3 is 1. The summed E-state index contributed by atoms with van der Waals surface area (Å²) in [6.45, 7) is 3.62. The molecule has 0 saturated heterocycles. The fourth-order valence-electron chi connectivity index (χ4n) is 1.96. The molecule has 108 valence electrons. The van der Waals surface area contributed by atoms with E-state index in [-0.39, 0.29) is 5.91 Å². The zero-order chi connectivity index (χ0) is 15.4. The van der Waals surface area contributed by atoms with Crippen molar-refractivity contribution in [3.05, 3.63) is 58.9 Å². The van der Waals surface area contributed by atoms with Gasteiger partial charge in [0.15, 0.2) is 0 Å². The van der Waals surface area contributed by atoms with Crippen molar-refractivity contribution in [3.8, 4) is 0 Å². The number of rotatable bonds is 3. The molecule has 1 amide bonds. The van der Waals surface area contributed by atoms with Crippen LogP contribution in [0.5, 0.6) is 0 Å². The lowest BCUT2D eigenvalue weighted by Gasteiger charge is -2.11. The molecule has 0 saturated carbocycles. The molecular weight excluding hydrogens is 268 g/mol. The van der Waals surface area contributed by atoms with Crippen molar-refractivity contribution >= 4 is 17.6 Å². The van der Waals surface area contributed by atoms with Gasteiger partial charge in [0.05, 0.1) is 23.9 Å². The Labute approximate surface area is 123 Å². The van der Waals surface area contributed by atoms with Gasteiger partial charge in [-0.05, 0) is 38.1 Å². The lowest BCUT2D eigenvalue weighted by atomic mass is 10.1. The number of esters is 1. The van der Waals surface area contributed by atoms with E-state index in [2.05, 4.69) is 10.3 Å². The lowest BCUT2D eigenvalue weighted by molar-refractivity contribution is 0.0602. The molecule has 1 aromatic heterocycles. The van der Waals surface area contributed by atoms with Crippen molar-refractivity contribution in [1.29, 1.82) is 0 Å². The van der Waals surface area contributed by atoms with E-state index in [0.29, 0.717) is 22.5 Å². The van der Waals surface area contributed by atoms with Crippen LogP contribution in [0.4, 0.5) is 5.69 Å². The predicted octanol–water partition coefficient (Wildman–Crippen LogP) is 2.74. The minimum absolute atomic E-state index is 0.311. The van der Waals surface area contributed by atoms with Gasteiger partial charge in [0.2, 0.25) is 0 Å². The quantitative estimate of drug-likeness (QED) is 0.880. The maximum Gasteiger partial charge on any atom is 0.339 e. The Kier molecular flexibility index (Phi) is 4.33. The number of aromatic nitrogens is 1. The average Bonchev–Trinajstić information content (AvgIpc) is 2.48. The average molecular weight is 284 g/mol. The number of carbonyl (C=O) groups excluding carboxylic acids is 2. The van der Waals surface area contributed by atoms with Crippen LogP contribution in [0.25, 0.3) is 0 Å². The fraction of sp³-hybridized carbons (Fsp3) is 0.188. The molecule has 1 N–H and O–H groups in total. The molecule has 0 radical (unpaired) electrons. The van der Waals surface area contributed by atoms with Crippen molar-refractivity contribution in [2.24, 2.45) is 0 Å². The number of hydrogen-bond acceptors (Lipinski definition) is 4. The molecule has 0 aliphatic heterocycles. The third-order valence-electron chi connectivity index (χ3n) is 3.08. The molecule has 0 bridgehead atoms. The number of nitrogens with zero attached hydrogens (tertiary/aromatic N) is 1. The molecule has 2 aromatic rings. The molecule has 2 rings (SSSR count). The Morgan fingerprint density at radius 3 is 2.57 bits per heavy atom. The summed E-state index contributed by atoms with van der Waals surface area (Å²) in [4.78, 5) is 28.1. The van der Waals surface area contributed by atoms with E-state index in [1.165, 1.54) is 7.11 Å². The highest BCUT2D eigenvalue weighted by Gasteiger charge is 2.16. The number of carbonyl (C=O) groups is 2. The first-order chi connectivity index (χ1) is 10.0. The number of hydrogen-bond donors (Lipinski definition) is 1. The van der Waals surface area contributed by atoms with Crippen LogP contribution in [-0.4, -0.2) is 24.0 Å². The van der Waals surface area contributed by atoms with Gasteiger partial charge in [-0.2, -0.15) is 0 Å². The second-order valence-electron chi connectivity index (χ2n) is 4.63. The van der Waals surface area contributed by atoms with Crippen LogP contribution in [0.1, 0.15) is 32.0 Å². The summed E-state index contributed by atoms with van der Waals surface area (Å²) in [5.74, 6) is -0.800. The van der Waals surface area contributed by atoms with Gasteiger partial charge >= 0.3 is 5.97 Å². The summed E-state index contributed by atoms with van der Waals surface area (Å²) < 4.78 is 4.74. The highest BCUT2D eigenvalue weighted by Crippen LogP contribution is 2.19. The van der Waals surface area contributed by atoms with Gasteiger partial charge in [-0.15, -0.1) is 0 Å². The topological polar surface area (TPSA) is 68.3 Å². The predicted molar refractivity (Wildman–Crippen MR) is 79.4 cm³/mol. The second-order valence-corrected chi connectivity index (χ2v) is 4.63. The van der Waals surface area contributed by atoms with Crippen molar-refractivity contribution in [3.63, 3.8) is 0 Å². The van der Waals surface area contributed by atoms with Crippen molar-refractivity contribution in [2.45, 2.75) is 13.8 Å². The lowest BCUT2D eigenvalue weighted by Crippen LogP contribution is -2.17. The first-order valence-corrected chi connectivity index (χ1v) is 6.45. The smallest absolute Gasteiger partial charge is 0.339 e. The molecule has 0 fully saturated rings. The largest absolute Gasteiger partial charge is 0.465 e. The molecule has 0 spiro atoms. The van der Waals surface area contributed by atoms with Crippen molar-refractivity contribution in [1.82, 2.24) is 4.98 Å². The summed E-state index contributed by atoms with van der Waals surface area (Å²) in [7, 11) is 1.31. The van der Waals surface area contributed by atoms with Gasteiger partial charge < -0.3 is 10.1 Å². The van der Waals surface area contributed by atoms with E-state index in [0.717, 1.165) is 5.56 Å². The standard InChI is InChI=1S/C16H16N2O3/c1-10-6-7-14(13(9-10)16(20)21-3)18-15(19)12-5-4-8-17-11(12)2/h4-9H,1-3H3,(H,18,19). The Morgan fingerprint density at radius 2 is 1.90 bits per heavy atom. The molecule has 0 aliphatic carbocycles. The van der Waals surface area contributed by atoms with E-state index in [9.17, 15) is 9.59 Å². The molecule has 0 unspecified atom stereocenters. The van der Waals surface area contributed by atoms with Gasteiger partial charge in [-0.1, -0.05) is 11.6 Å². The summed E-state index contributed by atoms with van der Waals surface area (Å²) in [6, 6.07) is 8.56. The molecular formula is C16H16N2O3. The van der Waals surface area contributed by atoms with Gasteiger partial charge in [0, 0.05) is 11.9 Å². The number of aryl methyl sites for hydroxylation is 2. The van der Waals surface area contributed by atoms with Crippen LogP contribution in [0.15, 0.2) is 36.5 Å². The highest BCUT2D eigenvalue weighted by molar-refractivity contribution is 6.08. The second kappa shape index (κ2) is 6.17. The molecule has 0 aliphatic rings. The minimum atomic E-state index is -0.489. The number of nitrogens with one attached hydrogen (secondary N) is 1. The highest BCUT2D eigenvalue weighted by atomic mass is 16.5. The number of anilines is 1. The van der Waals surface area contributed by atoms with Crippen molar-refractivity contribution in [2.75, 3.05) is 12.4 Å². The molecule has 5 nitrogen and oxygen atoms in total. The Bertz CT molecular complexity index is 696. The zero-order valence-electron chi connectivity index (χ0n) is 12.1. The van der Waals surface area contributed by atoms with E-state index in [1.54, 1.807) is 37.4 Å². The van der Waals surface area contributed by atoms with Crippen LogP contribution in [0, 0.1) is 13.8 Å². The monoisotopic (exact) mass is 284 g/mol. The van der Waals surface area contributed by atoms with Crippen LogP contribution in [0.2, 0.25) is 0 Å². The third kappa shape index (κ3) is 3.25.